The number of rotatable bonds is 4. The van der Waals surface area contributed by atoms with Crippen molar-refractivity contribution in [2.45, 2.75) is 13.5 Å². The highest BCUT2D eigenvalue weighted by molar-refractivity contribution is 5.79. The molecule has 16 heavy (non-hydrogen) atoms. The minimum Gasteiger partial charge on any atom is -0.480 e. The molecule has 0 radical (unpaired) electrons. The maximum Gasteiger partial charge on any atom is 0.323 e. The lowest BCUT2D eigenvalue weighted by molar-refractivity contribution is -0.137. The van der Waals surface area contributed by atoms with Gasteiger partial charge in [0.05, 0.1) is 6.54 Å². The van der Waals surface area contributed by atoms with E-state index in [-0.39, 0.29) is 19.0 Å². The number of amides is 2. The summed E-state index contributed by atoms with van der Waals surface area (Å²) in [5.41, 5.74) is 0. The summed E-state index contributed by atoms with van der Waals surface area (Å²) < 4.78 is 4.76. The molecular weight excluding hydrogens is 216 g/mol. The molecular formula is C8H12N4O4. The summed E-state index contributed by atoms with van der Waals surface area (Å²) in [5.74, 6) is -0.330. The van der Waals surface area contributed by atoms with Gasteiger partial charge in [-0.1, -0.05) is 5.16 Å². The van der Waals surface area contributed by atoms with Crippen LogP contribution in [-0.4, -0.2) is 45.7 Å². The summed E-state index contributed by atoms with van der Waals surface area (Å²) in [6.45, 7) is 1.36. The Bertz CT molecular complexity index is 389. The quantitative estimate of drug-likeness (QED) is 0.726. The second-order valence-corrected chi connectivity index (χ2v) is 3.14. The molecule has 0 aliphatic rings. The van der Waals surface area contributed by atoms with Gasteiger partial charge in [0.15, 0.2) is 5.82 Å². The number of urea groups is 1. The molecule has 0 fully saturated rings. The number of aliphatic carboxylic acids is 1. The van der Waals surface area contributed by atoms with Crippen LogP contribution < -0.4 is 5.32 Å². The van der Waals surface area contributed by atoms with Gasteiger partial charge in [0.2, 0.25) is 5.89 Å². The Morgan fingerprint density at radius 2 is 2.25 bits per heavy atom. The standard InChI is InChI=1S/C8H12N4O4/c1-5-10-6(16-11-5)3-9-8(15)12(2)4-7(13)14/h3-4H2,1-2H3,(H,9,15)(H,13,14). The molecule has 0 aliphatic carbocycles. The molecule has 0 aromatic carbocycles. The van der Waals surface area contributed by atoms with Crippen LogP contribution in [-0.2, 0) is 11.3 Å². The van der Waals surface area contributed by atoms with Crippen molar-refractivity contribution in [3.63, 3.8) is 0 Å². The molecule has 2 N–H and O–H groups in total. The molecule has 8 nitrogen and oxygen atoms in total. The number of nitrogens with one attached hydrogen (secondary N) is 1. The van der Waals surface area contributed by atoms with Crippen LogP contribution in [0.5, 0.6) is 0 Å². The minimum absolute atomic E-state index is 0.0730. The summed E-state index contributed by atoms with van der Waals surface area (Å²) in [6, 6.07) is -0.516. The van der Waals surface area contributed by atoms with Gasteiger partial charge in [-0.05, 0) is 6.92 Å². The Balaban J connectivity index is 2.37. The van der Waals surface area contributed by atoms with Crippen molar-refractivity contribution in [2.24, 2.45) is 0 Å². The maximum absolute atomic E-state index is 11.3. The van der Waals surface area contributed by atoms with E-state index in [4.69, 9.17) is 9.63 Å². The number of carbonyl (C=O) groups is 2. The van der Waals surface area contributed by atoms with Crippen molar-refractivity contribution in [3.8, 4) is 0 Å². The van der Waals surface area contributed by atoms with Crippen LogP contribution in [0.3, 0.4) is 0 Å². The van der Waals surface area contributed by atoms with Crippen LogP contribution in [0.15, 0.2) is 4.52 Å². The van der Waals surface area contributed by atoms with Gasteiger partial charge in [-0.15, -0.1) is 0 Å². The van der Waals surface area contributed by atoms with Crippen molar-refractivity contribution in [1.29, 1.82) is 0 Å². The molecule has 8 heteroatoms. The van der Waals surface area contributed by atoms with Gasteiger partial charge in [-0.2, -0.15) is 4.98 Å². The Labute approximate surface area is 91.2 Å². The minimum atomic E-state index is -1.08. The third-order valence-corrected chi connectivity index (χ3v) is 1.68. The SMILES string of the molecule is Cc1noc(CNC(=O)N(C)CC(=O)O)n1. The van der Waals surface area contributed by atoms with Crippen LogP contribution in [0.2, 0.25) is 0 Å². The number of aromatic nitrogens is 2. The van der Waals surface area contributed by atoms with E-state index < -0.39 is 12.0 Å². The van der Waals surface area contributed by atoms with E-state index in [1.54, 1.807) is 6.92 Å². The topological polar surface area (TPSA) is 109 Å². The van der Waals surface area contributed by atoms with E-state index >= 15 is 0 Å². The first-order chi connectivity index (χ1) is 7.49. The zero-order valence-corrected chi connectivity index (χ0v) is 8.93. The summed E-state index contributed by atoms with van der Waals surface area (Å²) in [6.07, 6.45) is 0. The molecule has 0 bridgehead atoms. The summed E-state index contributed by atoms with van der Waals surface area (Å²) in [7, 11) is 1.38. The van der Waals surface area contributed by atoms with Crippen molar-refractivity contribution in [3.05, 3.63) is 11.7 Å². The fourth-order valence-electron chi connectivity index (χ4n) is 0.973. The van der Waals surface area contributed by atoms with Crippen LogP contribution in [0, 0.1) is 6.92 Å². The number of carboxylic acid groups (broad SMARTS) is 1. The maximum atomic E-state index is 11.3. The number of likely N-dealkylation sites (N-methyl/N-ethyl adjacent to an activating group) is 1. The molecule has 1 heterocycles. The second-order valence-electron chi connectivity index (χ2n) is 3.14. The first-order valence-corrected chi connectivity index (χ1v) is 4.49. The Morgan fingerprint density at radius 3 is 2.75 bits per heavy atom. The predicted octanol–water partition coefficient (Wildman–Crippen LogP) is -0.396. The number of hydrogen-bond acceptors (Lipinski definition) is 5. The first-order valence-electron chi connectivity index (χ1n) is 4.49. The highest BCUT2D eigenvalue weighted by Gasteiger charge is 2.12. The number of carboxylic acids is 1. The van der Waals surface area contributed by atoms with E-state index in [2.05, 4.69) is 15.5 Å². The number of nitrogens with zero attached hydrogens (tertiary/aromatic N) is 3. The van der Waals surface area contributed by atoms with Crippen LogP contribution in [0.1, 0.15) is 11.7 Å². The Hall–Kier alpha value is -2.12. The Kier molecular flexibility index (Phi) is 3.81. The van der Waals surface area contributed by atoms with Crippen molar-refractivity contribution in [2.75, 3.05) is 13.6 Å². The van der Waals surface area contributed by atoms with E-state index in [0.717, 1.165) is 4.90 Å². The molecule has 1 rings (SSSR count). The average Bonchev–Trinajstić information content (AvgIpc) is 2.59. The Morgan fingerprint density at radius 1 is 1.56 bits per heavy atom. The largest absolute Gasteiger partial charge is 0.480 e. The van der Waals surface area contributed by atoms with Crippen LogP contribution >= 0.6 is 0 Å². The number of hydrogen-bond donors (Lipinski definition) is 2. The van der Waals surface area contributed by atoms with Gasteiger partial charge in [0.25, 0.3) is 0 Å². The molecule has 88 valence electrons. The first kappa shape index (κ1) is 12.0. The van der Waals surface area contributed by atoms with Gasteiger partial charge in [-0.3, -0.25) is 4.79 Å². The molecule has 0 atom stereocenters. The molecule has 0 aliphatic heterocycles. The fourth-order valence-corrected chi connectivity index (χ4v) is 0.973. The molecule has 0 saturated heterocycles. The van der Waals surface area contributed by atoms with Crippen LogP contribution in [0.25, 0.3) is 0 Å². The molecule has 1 aromatic heterocycles. The second kappa shape index (κ2) is 5.10. The molecule has 2 amide bonds. The third kappa shape index (κ3) is 3.56. The van der Waals surface area contributed by atoms with E-state index in [0.29, 0.717) is 5.82 Å². The van der Waals surface area contributed by atoms with Crippen LogP contribution in [0.4, 0.5) is 4.79 Å². The van der Waals surface area contributed by atoms with Crippen molar-refractivity contribution >= 4 is 12.0 Å². The average molecular weight is 228 g/mol. The number of aryl methyl sites for hydroxylation is 1. The highest BCUT2D eigenvalue weighted by Crippen LogP contribution is 1.95. The summed E-state index contributed by atoms with van der Waals surface area (Å²) in [4.78, 5) is 26.6. The van der Waals surface area contributed by atoms with Gasteiger partial charge in [0, 0.05) is 7.05 Å². The number of carbonyl (C=O) groups excluding carboxylic acids is 1. The fraction of sp³-hybridized carbons (Fsp3) is 0.500. The third-order valence-electron chi connectivity index (χ3n) is 1.68. The molecule has 0 saturated carbocycles. The zero-order valence-electron chi connectivity index (χ0n) is 8.93. The smallest absolute Gasteiger partial charge is 0.323 e. The lowest BCUT2D eigenvalue weighted by atomic mass is 10.5. The lowest BCUT2D eigenvalue weighted by Gasteiger charge is -2.14. The van der Waals surface area contributed by atoms with E-state index in [1.807, 2.05) is 0 Å². The lowest BCUT2D eigenvalue weighted by Crippen LogP contribution is -2.39. The van der Waals surface area contributed by atoms with Gasteiger partial charge >= 0.3 is 12.0 Å². The van der Waals surface area contributed by atoms with E-state index in [1.165, 1.54) is 7.05 Å². The summed E-state index contributed by atoms with van der Waals surface area (Å²) >= 11 is 0. The molecule has 0 spiro atoms. The normalized spacial score (nSPS) is 9.88. The molecule has 1 aromatic rings. The van der Waals surface area contributed by atoms with Gasteiger partial charge < -0.3 is 19.8 Å². The summed E-state index contributed by atoms with van der Waals surface area (Å²) in [5, 5.41) is 14.4. The zero-order chi connectivity index (χ0) is 12.1. The van der Waals surface area contributed by atoms with Gasteiger partial charge in [0.1, 0.15) is 6.54 Å². The van der Waals surface area contributed by atoms with Crippen molar-refractivity contribution in [1.82, 2.24) is 20.4 Å². The van der Waals surface area contributed by atoms with Gasteiger partial charge in [-0.25, -0.2) is 4.79 Å². The molecule has 0 unspecified atom stereocenters. The van der Waals surface area contributed by atoms with E-state index in [9.17, 15) is 9.59 Å². The monoisotopic (exact) mass is 228 g/mol. The highest BCUT2D eigenvalue weighted by atomic mass is 16.5. The predicted molar refractivity (Wildman–Crippen MR) is 51.5 cm³/mol. The van der Waals surface area contributed by atoms with Crippen molar-refractivity contribution < 1.29 is 19.2 Å².